The number of hydrogen-bond acceptors (Lipinski definition) is 3. The van der Waals surface area contributed by atoms with Crippen LogP contribution in [0.25, 0.3) is 0 Å². The Morgan fingerprint density at radius 2 is 2.36 bits per heavy atom. The maximum Gasteiger partial charge on any atom is 0.113 e. The van der Waals surface area contributed by atoms with Crippen molar-refractivity contribution in [3.8, 4) is 0 Å². The highest BCUT2D eigenvalue weighted by atomic mass is 16.6. The van der Waals surface area contributed by atoms with Crippen molar-refractivity contribution in [2.75, 3.05) is 6.61 Å². The Labute approximate surface area is 65.3 Å². The van der Waals surface area contributed by atoms with Gasteiger partial charge in [-0.25, -0.2) is 0 Å². The Morgan fingerprint density at radius 3 is 3.00 bits per heavy atom. The number of aliphatic hydroxyl groups excluding tert-OH is 1. The number of rotatable bonds is 0. The first-order valence-corrected chi connectivity index (χ1v) is 4.16. The molecule has 3 nitrogen and oxygen atoms in total. The predicted molar refractivity (Wildman–Crippen MR) is 37.1 cm³/mol. The van der Waals surface area contributed by atoms with Crippen LogP contribution in [0.5, 0.6) is 0 Å². The summed E-state index contributed by atoms with van der Waals surface area (Å²) in [5, 5.41) is 9.57. The maximum absolute atomic E-state index is 9.57. The van der Waals surface area contributed by atoms with Crippen molar-refractivity contribution in [1.29, 1.82) is 0 Å². The van der Waals surface area contributed by atoms with Gasteiger partial charge in [0.15, 0.2) is 0 Å². The minimum atomic E-state index is -0.365. The molecule has 0 amide bonds. The van der Waals surface area contributed by atoms with Gasteiger partial charge in [0, 0.05) is 5.41 Å². The van der Waals surface area contributed by atoms with Crippen molar-refractivity contribution in [2.45, 2.75) is 37.8 Å². The van der Waals surface area contributed by atoms with Crippen LogP contribution in [0.2, 0.25) is 0 Å². The molecule has 3 heterocycles. The molecular formula is C8H12O3. The summed E-state index contributed by atoms with van der Waals surface area (Å²) in [7, 11) is 0. The first kappa shape index (κ1) is 6.40. The molecule has 11 heavy (non-hydrogen) atoms. The van der Waals surface area contributed by atoms with Gasteiger partial charge >= 0.3 is 0 Å². The highest BCUT2D eigenvalue weighted by molar-refractivity contribution is 5.11. The number of hydrogen-bond donors (Lipinski definition) is 1. The zero-order valence-corrected chi connectivity index (χ0v) is 6.49. The van der Waals surface area contributed by atoms with Gasteiger partial charge in [0.2, 0.25) is 0 Å². The van der Waals surface area contributed by atoms with Crippen LogP contribution in [0.3, 0.4) is 0 Å². The van der Waals surface area contributed by atoms with Crippen molar-refractivity contribution in [1.82, 2.24) is 0 Å². The summed E-state index contributed by atoms with van der Waals surface area (Å²) < 4.78 is 11.1. The monoisotopic (exact) mass is 156 g/mol. The van der Waals surface area contributed by atoms with E-state index in [1.807, 2.05) is 0 Å². The van der Waals surface area contributed by atoms with Crippen molar-refractivity contribution >= 4 is 0 Å². The second-order valence-electron chi connectivity index (χ2n) is 4.22. The Kier molecular flexibility index (Phi) is 0.947. The standard InChI is InChI=1S/C8H12O3/c1-8-2-4-5(9)6(10-3-8)7(8)11-4/h4-7,9H,2-3H2,1H3. The van der Waals surface area contributed by atoms with Gasteiger partial charge in [0.1, 0.15) is 12.2 Å². The van der Waals surface area contributed by atoms with E-state index < -0.39 is 0 Å². The van der Waals surface area contributed by atoms with E-state index in [4.69, 9.17) is 9.47 Å². The van der Waals surface area contributed by atoms with E-state index in [-0.39, 0.29) is 29.8 Å². The number of ether oxygens (including phenoxy) is 2. The molecule has 3 saturated heterocycles. The van der Waals surface area contributed by atoms with Gasteiger partial charge in [0.05, 0.1) is 18.8 Å². The van der Waals surface area contributed by atoms with E-state index in [0.29, 0.717) is 0 Å². The van der Waals surface area contributed by atoms with E-state index in [1.165, 1.54) is 0 Å². The first-order chi connectivity index (χ1) is 5.21. The maximum atomic E-state index is 9.57. The van der Waals surface area contributed by atoms with E-state index in [2.05, 4.69) is 6.92 Å². The average Bonchev–Trinajstić information content (AvgIpc) is 2.45. The van der Waals surface area contributed by atoms with Crippen LogP contribution < -0.4 is 0 Å². The van der Waals surface area contributed by atoms with Crippen LogP contribution in [0.15, 0.2) is 0 Å². The topological polar surface area (TPSA) is 38.7 Å². The molecule has 0 aliphatic carbocycles. The third-order valence-corrected chi connectivity index (χ3v) is 3.30. The average molecular weight is 156 g/mol. The number of aliphatic hydroxyl groups is 1. The molecule has 5 unspecified atom stereocenters. The summed E-state index contributed by atoms with van der Waals surface area (Å²) in [6.07, 6.45) is 0.796. The third-order valence-electron chi connectivity index (χ3n) is 3.30. The Balaban J connectivity index is 2.03. The summed E-state index contributed by atoms with van der Waals surface area (Å²) in [6.45, 7) is 2.94. The molecule has 3 aliphatic rings. The highest BCUT2D eigenvalue weighted by Crippen LogP contribution is 2.53. The Hall–Kier alpha value is -0.120. The smallest absolute Gasteiger partial charge is 0.113 e. The fourth-order valence-corrected chi connectivity index (χ4v) is 2.66. The van der Waals surface area contributed by atoms with Crippen LogP contribution >= 0.6 is 0 Å². The van der Waals surface area contributed by atoms with Gasteiger partial charge in [0.25, 0.3) is 0 Å². The van der Waals surface area contributed by atoms with E-state index >= 15 is 0 Å². The van der Waals surface area contributed by atoms with Crippen LogP contribution in [0, 0.1) is 5.41 Å². The van der Waals surface area contributed by atoms with Gasteiger partial charge in [-0.3, -0.25) is 0 Å². The first-order valence-electron chi connectivity index (χ1n) is 4.16. The molecule has 0 spiro atoms. The van der Waals surface area contributed by atoms with Gasteiger partial charge in [-0.1, -0.05) is 6.92 Å². The Morgan fingerprint density at radius 1 is 1.55 bits per heavy atom. The zero-order valence-electron chi connectivity index (χ0n) is 6.49. The van der Waals surface area contributed by atoms with Crippen molar-refractivity contribution < 1.29 is 14.6 Å². The summed E-state index contributed by atoms with van der Waals surface area (Å²) in [5.74, 6) is 0. The van der Waals surface area contributed by atoms with Gasteiger partial charge in [-0.15, -0.1) is 0 Å². The predicted octanol–water partition coefficient (Wildman–Crippen LogP) is -0.0765. The molecule has 0 saturated carbocycles. The summed E-state index contributed by atoms with van der Waals surface area (Å²) >= 11 is 0. The summed E-state index contributed by atoms with van der Waals surface area (Å²) in [5.41, 5.74) is 0.203. The minimum Gasteiger partial charge on any atom is -0.388 e. The molecule has 3 fully saturated rings. The minimum absolute atomic E-state index is 0.0289. The van der Waals surface area contributed by atoms with Gasteiger partial charge in [-0.05, 0) is 6.42 Å². The lowest BCUT2D eigenvalue weighted by Crippen LogP contribution is -2.40. The molecular weight excluding hydrogens is 144 g/mol. The van der Waals surface area contributed by atoms with Crippen molar-refractivity contribution in [2.24, 2.45) is 5.41 Å². The SMILES string of the molecule is CC12COC3C(O)C(C1)OC32. The van der Waals surface area contributed by atoms with E-state index in [9.17, 15) is 5.11 Å². The van der Waals surface area contributed by atoms with Crippen LogP contribution in [-0.2, 0) is 9.47 Å². The molecule has 1 N–H and O–H groups in total. The molecule has 3 rings (SSSR count). The summed E-state index contributed by atoms with van der Waals surface area (Å²) in [4.78, 5) is 0. The lowest BCUT2D eigenvalue weighted by atomic mass is 9.76. The second-order valence-corrected chi connectivity index (χ2v) is 4.22. The second kappa shape index (κ2) is 1.63. The van der Waals surface area contributed by atoms with Gasteiger partial charge in [-0.2, -0.15) is 0 Å². The molecule has 0 aromatic heterocycles. The molecule has 3 aliphatic heterocycles. The fraction of sp³-hybridized carbons (Fsp3) is 1.00. The molecule has 0 aromatic rings. The quantitative estimate of drug-likeness (QED) is 0.533. The van der Waals surface area contributed by atoms with Crippen molar-refractivity contribution in [3.05, 3.63) is 0 Å². The molecule has 0 radical (unpaired) electrons. The van der Waals surface area contributed by atoms with Crippen LogP contribution in [0.1, 0.15) is 13.3 Å². The molecule has 62 valence electrons. The lowest BCUT2D eigenvalue weighted by molar-refractivity contribution is 0.00886. The van der Waals surface area contributed by atoms with Crippen LogP contribution in [-0.4, -0.2) is 36.1 Å². The third kappa shape index (κ3) is 0.567. The summed E-state index contributed by atoms with van der Waals surface area (Å²) in [6, 6.07) is 0. The lowest BCUT2D eigenvalue weighted by Gasteiger charge is -2.25. The normalized spacial score (nSPS) is 66.0. The van der Waals surface area contributed by atoms with Crippen LogP contribution in [0.4, 0.5) is 0 Å². The van der Waals surface area contributed by atoms with E-state index in [1.54, 1.807) is 0 Å². The Bertz CT molecular complexity index is 206. The van der Waals surface area contributed by atoms with E-state index in [0.717, 1.165) is 13.0 Å². The van der Waals surface area contributed by atoms with Gasteiger partial charge < -0.3 is 14.6 Å². The molecule has 5 atom stereocenters. The molecule has 2 bridgehead atoms. The number of fused-ring (bicyclic) bond motifs is 1. The fourth-order valence-electron chi connectivity index (χ4n) is 2.66. The molecule has 3 heteroatoms. The molecule has 0 aromatic carbocycles. The zero-order chi connectivity index (χ0) is 7.64. The highest BCUT2D eigenvalue weighted by Gasteiger charge is 2.64. The largest absolute Gasteiger partial charge is 0.388 e. The van der Waals surface area contributed by atoms with Crippen molar-refractivity contribution in [3.63, 3.8) is 0 Å².